The van der Waals surface area contributed by atoms with E-state index in [0.29, 0.717) is 9.90 Å². The molecular formula is C13H11N3O2S2. The van der Waals surface area contributed by atoms with Crippen molar-refractivity contribution in [1.29, 1.82) is 0 Å². The van der Waals surface area contributed by atoms with Crippen molar-refractivity contribution in [2.45, 2.75) is 4.21 Å². The molecule has 0 amide bonds. The monoisotopic (exact) mass is 305 g/mol. The average Bonchev–Trinajstić information content (AvgIpc) is 3.13. The molecule has 0 saturated carbocycles. The van der Waals surface area contributed by atoms with Crippen molar-refractivity contribution in [2.75, 3.05) is 4.72 Å². The van der Waals surface area contributed by atoms with Crippen LogP contribution in [0.5, 0.6) is 0 Å². The van der Waals surface area contributed by atoms with Gasteiger partial charge >= 0.3 is 0 Å². The Kier molecular flexibility index (Phi) is 3.29. The van der Waals surface area contributed by atoms with Crippen LogP contribution in [0.3, 0.4) is 0 Å². The van der Waals surface area contributed by atoms with E-state index in [1.165, 1.54) is 11.3 Å². The molecule has 0 fully saturated rings. The van der Waals surface area contributed by atoms with Crippen molar-refractivity contribution in [3.05, 3.63) is 54.3 Å². The normalized spacial score (nSPS) is 11.4. The smallest absolute Gasteiger partial charge is 0.271 e. The van der Waals surface area contributed by atoms with Gasteiger partial charge in [-0.2, -0.15) is 0 Å². The van der Waals surface area contributed by atoms with Crippen molar-refractivity contribution >= 4 is 27.0 Å². The second-order valence-corrected chi connectivity index (χ2v) is 6.94. The molecule has 1 aromatic carbocycles. The molecule has 0 radical (unpaired) electrons. The van der Waals surface area contributed by atoms with Crippen LogP contribution < -0.4 is 4.72 Å². The van der Waals surface area contributed by atoms with Crippen LogP contribution >= 0.6 is 11.3 Å². The predicted molar refractivity (Wildman–Crippen MR) is 79.2 cm³/mol. The highest BCUT2D eigenvalue weighted by molar-refractivity contribution is 7.94. The standard InChI is InChI=1S/C13H11N3O2S2/c17-20(18,13-2-1-7-19-13)16-11-5-3-10(4-6-11)12-8-14-9-15-12/h1-9,16H,(H,14,15). The fraction of sp³-hybridized carbons (Fsp3) is 0. The molecular weight excluding hydrogens is 294 g/mol. The lowest BCUT2D eigenvalue weighted by Crippen LogP contribution is -2.11. The molecule has 0 bridgehead atoms. The Morgan fingerprint density at radius 2 is 1.95 bits per heavy atom. The largest absolute Gasteiger partial charge is 0.345 e. The van der Waals surface area contributed by atoms with E-state index in [2.05, 4.69) is 14.7 Å². The molecule has 3 rings (SSSR count). The fourth-order valence-electron chi connectivity index (χ4n) is 1.75. The Hall–Kier alpha value is -2.12. The molecule has 2 N–H and O–H groups in total. The molecule has 0 aliphatic rings. The van der Waals surface area contributed by atoms with Crippen LogP contribution in [0.2, 0.25) is 0 Å². The summed E-state index contributed by atoms with van der Waals surface area (Å²) in [7, 11) is -3.49. The molecule has 0 aliphatic carbocycles. The Morgan fingerprint density at radius 1 is 1.15 bits per heavy atom. The van der Waals surface area contributed by atoms with Gasteiger partial charge in [-0.05, 0) is 29.1 Å². The number of nitrogens with zero attached hydrogens (tertiary/aromatic N) is 1. The number of benzene rings is 1. The van der Waals surface area contributed by atoms with Gasteiger partial charge in [0.1, 0.15) is 4.21 Å². The van der Waals surface area contributed by atoms with Gasteiger partial charge in [0, 0.05) is 5.69 Å². The first-order valence-electron chi connectivity index (χ1n) is 5.80. The van der Waals surface area contributed by atoms with Gasteiger partial charge in [0.15, 0.2) is 0 Å². The maximum atomic E-state index is 12.1. The zero-order chi connectivity index (χ0) is 14.0. The van der Waals surface area contributed by atoms with E-state index in [4.69, 9.17) is 0 Å². The number of anilines is 1. The number of sulfonamides is 1. The molecule has 0 unspecified atom stereocenters. The van der Waals surface area contributed by atoms with E-state index in [0.717, 1.165) is 11.3 Å². The van der Waals surface area contributed by atoms with Crippen LogP contribution in [-0.4, -0.2) is 18.4 Å². The maximum absolute atomic E-state index is 12.1. The lowest BCUT2D eigenvalue weighted by atomic mass is 10.1. The van der Waals surface area contributed by atoms with E-state index in [1.54, 1.807) is 42.2 Å². The second-order valence-electron chi connectivity index (χ2n) is 4.08. The number of hydrogen-bond acceptors (Lipinski definition) is 4. The van der Waals surface area contributed by atoms with Gasteiger partial charge in [-0.1, -0.05) is 18.2 Å². The van der Waals surface area contributed by atoms with Crippen molar-refractivity contribution < 1.29 is 8.42 Å². The van der Waals surface area contributed by atoms with Crippen LogP contribution in [0.4, 0.5) is 5.69 Å². The van der Waals surface area contributed by atoms with Gasteiger partial charge in [0.2, 0.25) is 0 Å². The summed E-state index contributed by atoms with van der Waals surface area (Å²) in [6.07, 6.45) is 3.31. The topological polar surface area (TPSA) is 74.8 Å². The average molecular weight is 305 g/mol. The van der Waals surface area contributed by atoms with Crippen molar-refractivity contribution in [3.8, 4) is 11.3 Å². The number of thiophene rings is 1. The summed E-state index contributed by atoms with van der Waals surface area (Å²) >= 11 is 1.19. The highest BCUT2D eigenvalue weighted by Crippen LogP contribution is 2.22. The molecule has 3 aromatic rings. The van der Waals surface area contributed by atoms with Crippen molar-refractivity contribution in [3.63, 3.8) is 0 Å². The summed E-state index contributed by atoms with van der Waals surface area (Å²) in [6.45, 7) is 0. The van der Waals surface area contributed by atoms with Gasteiger partial charge in [0.05, 0.1) is 18.2 Å². The molecule has 0 spiro atoms. The summed E-state index contributed by atoms with van der Waals surface area (Å²) < 4.78 is 27.0. The van der Waals surface area contributed by atoms with Crippen LogP contribution in [0, 0.1) is 0 Å². The van der Waals surface area contributed by atoms with E-state index >= 15 is 0 Å². The highest BCUT2D eigenvalue weighted by atomic mass is 32.2. The zero-order valence-electron chi connectivity index (χ0n) is 10.3. The number of imidazole rings is 1. The minimum absolute atomic E-state index is 0.301. The molecule has 2 heterocycles. The Bertz CT molecular complexity index is 777. The van der Waals surface area contributed by atoms with E-state index in [9.17, 15) is 8.42 Å². The number of hydrogen-bond donors (Lipinski definition) is 2. The van der Waals surface area contributed by atoms with Gasteiger partial charge in [-0.15, -0.1) is 11.3 Å². The molecule has 102 valence electrons. The first-order chi connectivity index (χ1) is 9.65. The Balaban J connectivity index is 1.83. The minimum Gasteiger partial charge on any atom is -0.345 e. The van der Waals surface area contributed by atoms with Crippen LogP contribution in [0.1, 0.15) is 0 Å². The van der Waals surface area contributed by atoms with Crippen molar-refractivity contribution in [1.82, 2.24) is 9.97 Å². The summed E-state index contributed by atoms with van der Waals surface area (Å²) in [5, 5.41) is 1.73. The molecule has 2 aromatic heterocycles. The summed E-state index contributed by atoms with van der Waals surface area (Å²) in [5.41, 5.74) is 2.36. The minimum atomic E-state index is -3.49. The lowest BCUT2D eigenvalue weighted by Gasteiger charge is -2.06. The van der Waals surface area contributed by atoms with Gasteiger partial charge < -0.3 is 4.98 Å². The zero-order valence-corrected chi connectivity index (χ0v) is 11.9. The summed E-state index contributed by atoms with van der Waals surface area (Å²) in [5.74, 6) is 0. The number of aromatic amines is 1. The second kappa shape index (κ2) is 5.10. The van der Waals surface area contributed by atoms with E-state index < -0.39 is 10.0 Å². The first kappa shape index (κ1) is 12.9. The third kappa shape index (κ3) is 2.59. The third-order valence-corrected chi connectivity index (χ3v) is 5.49. The fourth-order valence-corrected chi connectivity index (χ4v) is 3.80. The van der Waals surface area contributed by atoms with E-state index in [1.807, 2.05) is 12.1 Å². The molecule has 7 heteroatoms. The molecule has 20 heavy (non-hydrogen) atoms. The number of rotatable bonds is 4. The lowest BCUT2D eigenvalue weighted by molar-refractivity contribution is 0.603. The molecule has 0 atom stereocenters. The maximum Gasteiger partial charge on any atom is 0.271 e. The summed E-state index contributed by atoms with van der Waals surface area (Å²) in [6, 6.07) is 10.4. The van der Waals surface area contributed by atoms with Gasteiger partial charge in [-0.3, -0.25) is 4.72 Å². The Morgan fingerprint density at radius 3 is 2.55 bits per heavy atom. The quantitative estimate of drug-likeness (QED) is 0.778. The first-order valence-corrected chi connectivity index (χ1v) is 8.16. The number of aromatic nitrogens is 2. The molecule has 0 aliphatic heterocycles. The van der Waals surface area contributed by atoms with Crippen LogP contribution in [-0.2, 0) is 10.0 Å². The number of H-pyrrole nitrogens is 1. The SMILES string of the molecule is O=S(=O)(Nc1ccc(-c2cnc[nH]2)cc1)c1cccs1. The van der Waals surface area contributed by atoms with Gasteiger partial charge in [-0.25, -0.2) is 13.4 Å². The molecule has 5 nitrogen and oxygen atoms in total. The van der Waals surface area contributed by atoms with E-state index in [-0.39, 0.29) is 0 Å². The third-order valence-electron chi connectivity index (χ3n) is 2.71. The van der Waals surface area contributed by atoms with Crippen molar-refractivity contribution in [2.24, 2.45) is 0 Å². The summed E-state index contributed by atoms with van der Waals surface area (Å²) in [4.78, 5) is 6.94. The van der Waals surface area contributed by atoms with Crippen LogP contribution in [0.15, 0.2) is 58.5 Å². The highest BCUT2D eigenvalue weighted by Gasteiger charge is 2.14. The number of nitrogens with one attached hydrogen (secondary N) is 2. The predicted octanol–water partition coefficient (Wildman–Crippen LogP) is 2.94. The Labute approximate surface area is 120 Å². The van der Waals surface area contributed by atoms with Gasteiger partial charge in [0.25, 0.3) is 10.0 Å². The van der Waals surface area contributed by atoms with Crippen LogP contribution in [0.25, 0.3) is 11.3 Å². The molecule has 0 saturated heterocycles.